The molecule has 2 nitrogen and oxygen atoms in total. The van der Waals surface area contributed by atoms with Crippen molar-refractivity contribution in [2.45, 2.75) is 37.8 Å². The van der Waals surface area contributed by atoms with Crippen LogP contribution in [0, 0.1) is 0 Å². The molecule has 1 N–H and O–H groups in total. The van der Waals surface area contributed by atoms with E-state index in [0.717, 1.165) is 17.5 Å². The molecule has 0 aliphatic carbocycles. The van der Waals surface area contributed by atoms with Gasteiger partial charge in [0.05, 0.1) is 6.10 Å². The van der Waals surface area contributed by atoms with E-state index in [-0.39, 0.29) is 0 Å². The minimum atomic E-state index is 0.368. The van der Waals surface area contributed by atoms with E-state index in [1.54, 1.807) is 0 Å². The molecule has 1 aliphatic rings. The summed E-state index contributed by atoms with van der Waals surface area (Å²) in [6.07, 6.45) is 5.08. The highest BCUT2D eigenvalue weighted by Gasteiger charge is 2.23. The Labute approximate surface area is 112 Å². The maximum absolute atomic E-state index is 5.86. The van der Waals surface area contributed by atoms with Crippen molar-refractivity contribution in [1.29, 1.82) is 0 Å². The molecule has 0 amide bonds. The first kappa shape index (κ1) is 13.1. The summed E-state index contributed by atoms with van der Waals surface area (Å²) in [7, 11) is 2.03. The maximum atomic E-state index is 5.86. The fraction of sp³-hybridized carbons (Fsp3) is 0.571. The lowest BCUT2D eigenvalue weighted by Gasteiger charge is -2.30. The molecule has 0 spiro atoms. The van der Waals surface area contributed by atoms with E-state index in [0.29, 0.717) is 12.1 Å². The van der Waals surface area contributed by atoms with E-state index in [1.807, 2.05) is 7.05 Å². The first-order chi connectivity index (χ1) is 8.29. The van der Waals surface area contributed by atoms with Gasteiger partial charge in [-0.3, -0.25) is 0 Å². The van der Waals surface area contributed by atoms with Crippen molar-refractivity contribution in [2.75, 3.05) is 13.7 Å². The summed E-state index contributed by atoms with van der Waals surface area (Å²) in [5.74, 6) is 0. The van der Waals surface area contributed by atoms with E-state index < -0.39 is 0 Å². The summed E-state index contributed by atoms with van der Waals surface area (Å²) in [4.78, 5) is 0. The van der Waals surface area contributed by atoms with Crippen molar-refractivity contribution < 1.29 is 4.74 Å². The molecule has 2 unspecified atom stereocenters. The Morgan fingerprint density at radius 3 is 3.00 bits per heavy atom. The Morgan fingerprint density at radius 1 is 1.47 bits per heavy atom. The second kappa shape index (κ2) is 6.53. The van der Waals surface area contributed by atoms with Gasteiger partial charge in [0, 0.05) is 17.1 Å². The third kappa shape index (κ3) is 3.80. The highest BCUT2D eigenvalue weighted by molar-refractivity contribution is 9.10. The first-order valence-electron chi connectivity index (χ1n) is 6.33. The Kier molecular flexibility index (Phi) is 5.01. The lowest BCUT2D eigenvalue weighted by molar-refractivity contribution is -0.00587. The molecule has 0 radical (unpaired) electrons. The van der Waals surface area contributed by atoms with Gasteiger partial charge in [0.2, 0.25) is 0 Å². The molecular formula is C14H20BrNO. The summed E-state index contributed by atoms with van der Waals surface area (Å²) in [5.41, 5.74) is 1.35. The smallest absolute Gasteiger partial charge is 0.0731 e. The molecule has 2 rings (SSSR count). The highest BCUT2D eigenvalue weighted by Crippen LogP contribution is 2.20. The molecule has 0 bridgehead atoms. The topological polar surface area (TPSA) is 21.3 Å². The van der Waals surface area contributed by atoms with Crippen LogP contribution in [0.3, 0.4) is 0 Å². The molecule has 2 atom stereocenters. The van der Waals surface area contributed by atoms with Crippen molar-refractivity contribution in [3.8, 4) is 0 Å². The monoisotopic (exact) mass is 297 g/mol. The molecule has 1 fully saturated rings. The van der Waals surface area contributed by atoms with Crippen molar-refractivity contribution in [3.63, 3.8) is 0 Å². The fourth-order valence-electron chi connectivity index (χ4n) is 2.42. The number of benzene rings is 1. The van der Waals surface area contributed by atoms with Crippen LogP contribution in [-0.4, -0.2) is 25.8 Å². The number of halogens is 1. The number of hydrogen-bond donors (Lipinski definition) is 1. The second-order valence-corrected chi connectivity index (χ2v) is 5.55. The van der Waals surface area contributed by atoms with Crippen LogP contribution in [0.2, 0.25) is 0 Å². The Hall–Kier alpha value is -0.380. The molecule has 1 heterocycles. The van der Waals surface area contributed by atoms with Gasteiger partial charge >= 0.3 is 0 Å². The molecule has 0 aromatic heterocycles. The zero-order valence-corrected chi connectivity index (χ0v) is 11.9. The Bertz CT molecular complexity index is 350. The average molecular weight is 298 g/mol. The quantitative estimate of drug-likeness (QED) is 0.922. The Balaban J connectivity index is 1.98. The predicted molar refractivity (Wildman–Crippen MR) is 74.3 cm³/mol. The number of nitrogens with one attached hydrogen (secondary N) is 1. The van der Waals surface area contributed by atoms with Crippen LogP contribution in [-0.2, 0) is 11.2 Å². The molecular weight excluding hydrogens is 278 g/mol. The van der Waals surface area contributed by atoms with E-state index in [4.69, 9.17) is 4.74 Å². The molecule has 1 aliphatic heterocycles. The van der Waals surface area contributed by atoms with Crippen LogP contribution in [0.25, 0.3) is 0 Å². The molecule has 1 aromatic rings. The number of likely N-dealkylation sites (N-methyl/N-ethyl adjacent to an activating group) is 1. The van der Waals surface area contributed by atoms with Gasteiger partial charge in [-0.15, -0.1) is 0 Å². The number of rotatable bonds is 4. The third-order valence-corrected chi connectivity index (χ3v) is 3.87. The fourth-order valence-corrected chi connectivity index (χ4v) is 2.87. The highest BCUT2D eigenvalue weighted by atomic mass is 79.9. The van der Waals surface area contributed by atoms with E-state index in [1.165, 1.54) is 24.8 Å². The lowest BCUT2D eigenvalue weighted by Crippen LogP contribution is -2.42. The van der Waals surface area contributed by atoms with Gasteiger partial charge in [0.1, 0.15) is 0 Å². The van der Waals surface area contributed by atoms with E-state index >= 15 is 0 Å². The van der Waals surface area contributed by atoms with Crippen LogP contribution < -0.4 is 5.32 Å². The minimum absolute atomic E-state index is 0.368. The molecule has 3 heteroatoms. The van der Waals surface area contributed by atoms with E-state index in [9.17, 15) is 0 Å². The Morgan fingerprint density at radius 2 is 2.35 bits per heavy atom. The van der Waals surface area contributed by atoms with E-state index in [2.05, 4.69) is 45.5 Å². The van der Waals surface area contributed by atoms with Gasteiger partial charge in [-0.2, -0.15) is 0 Å². The summed E-state index contributed by atoms with van der Waals surface area (Å²) in [5, 5.41) is 3.40. The largest absolute Gasteiger partial charge is 0.377 e. The van der Waals surface area contributed by atoms with Gasteiger partial charge in [0.15, 0.2) is 0 Å². The van der Waals surface area contributed by atoms with Crippen LogP contribution >= 0.6 is 15.9 Å². The van der Waals surface area contributed by atoms with Crippen molar-refractivity contribution in [2.24, 2.45) is 0 Å². The standard InChI is InChI=1S/C14H20BrNO/c1-16-13(14-7-2-3-8-17-14)10-11-5-4-6-12(15)9-11/h4-6,9,13-14,16H,2-3,7-8,10H2,1H3. The van der Waals surface area contributed by atoms with Crippen molar-refractivity contribution in [3.05, 3.63) is 34.3 Å². The predicted octanol–water partition coefficient (Wildman–Crippen LogP) is 3.15. The van der Waals surface area contributed by atoms with Crippen LogP contribution in [0.5, 0.6) is 0 Å². The maximum Gasteiger partial charge on any atom is 0.0731 e. The summed E-state index contributed by atoms with van der Waals surface area (Å²) < 4.78 is 7.01. The van der Waals surface area contributed by atoms with Gasteiger partial charge in [-0.1, -0.05) is 28.1 Å². The zero-order valence-electron chi connectivity index (χ0n) is 10.3. The summed E-state index contributed by atoms with van der Waals surface area (Å²) in [6, 6.07) is 8.94. The van der Waals surface area contributed by atoms with Crippen LogP contribution in [0.15, 0.2) is 28.7 Å². The molecule has 1 aromatic carbocycles. The number of ether oxygens (including phenoxy) is 1. The molecule has 94 valence electrons. The van der Waals surface area contributed by atoms with Gasteiger partial charge in [-0.25, -0.2) is 0 Å². The zero-order chi connectivity index (χ0) is 12.1. The number of hydrogen-bond acceptors (Lipinski definition) is 2. The molecule has 17 heavy (non-hydrogen) atoms. The SMILES string of the molecule is CNC(Cc1cccc(Br)c1)C1CCCCO1. The van der Waals surface area contributed by atoms with Gasteiger partial charge in [-0.05, 0) is 50.4 Å². The average Bonchev–Trinajstić information content (AvgIpc) is 2.37. The van der Waals surface area contributed by atoms with Crippen molar-refractivity contribution in [1.82, 2.24) is 5.32 Å². The molecule has 1 saturated heterocycles. The first-order valence-corrected chi connectivity index (χ1v) is 7.12. The summed E-state index contributed by atoms with van der Waals surface area (Å²) >= 11 is 3.52. The van der Waals surface area contributed by atoms with Crippen LogP contribution in [0.4, 0.5) is 0 Å². The second-order valence-electron chi connectivity index (χ2n) is 4.63. The minimum Gasteiger partial charge on any atom is -0.377 e. The van der Waals surface area contributed by atoms with Crippen molar-refractivity contribution >= 4 is 15.9 Å². The summed E-state index contributed by atoms with van der Waals surface area (Å²) in [6.45, 7) is 0.918. The third-order valence-electron chi connectivity index (χ3n) is 3.38. The van der Waals surface area contributed by atoms with Crippen LogP contribution in [0.1, 0.15) is 24.8 Å². The molecule has 0 saturated carbocycles. The lowest BCUT2D eigenvalue weighted by atomic mass is 9.96. The normalized spacial score (nSPS) is 22.4. The van der Waals surface area contributed by atoms with Gasteiger partial charge < -0.3 is 10.1 Å². The van der Waals surface area contributed by atoms with Gasteiger partial charge in [0.25, 0.3) is 0 Å².